The van der Waals surface area contributed by atoms with Crippen LogP contribution in [-0.4, -0.2) is 20.1 Å². The third-order valence-corrected chi connectivity index (χ3v) is 36.9. The second-order valence-electron chi connectivity index (χ2n) is 47.0. The molecule has 25 aliphatic rings. The highest BCUT2D eigenvalue weighted by Gasteiger charge is 2.69. The molecule has 534 valence electrons. The number of fused-ring (bicyclic) bond motifs is 3. The number of phenolic OH excluding ortho intramolecular Hbond substituents is 2. The Morgan fingerprint density at radius 2 is 0.505 bits per heavy atom. The van der Waals surface area contributed by atoms with Crippen molar-refractivity contribution in [1.82, 2.24) is 0 Å². The second-order valence-corrected chi connectivity index (χ2v) is 47.0. The van der Waals surface area contributed by atoms with Crippen LogP contribution in [0.3, 0.4) is 0 Å². The number of hydrogen-bond donors (Lipinski definition) is 2. The molecule has 24 bridgehead atoms. The van der Waals surface area contributed by atoms with Crippen molar-refractivity contribution in [2.45, 2.75) is 324 Å². The molecule has 0 spiro atoms. The first-order chi connectivity index (χ1) is 47.6. The van der Waals surface area contributed by atoms with Gasteiger partial charge in [0.05, 0.1) is 15.3 Å². The van der Waals surface area contributed by atoms with E-state index in [0.717, 1.165) is 112 Å². The molecule has 8 nitrogen and oxygen atoms in total. The minimum Gasteiger partial charge on any atom is -0.502 e. The van der Waals surface area contributed by atoms with Gasteiger partial charge in [0.2, 0.25) is 0 Å². The highest BCUT2D eigenvalue weighted by molar-refractivity contribution is 5.93. The van der Waals surface area contributed by atoms with Crippen LogP contribution in [0.25, 0.3) is 11.1 Å². The highest BCUT2D eigenvalue weighted by atomic mass is 16.6. The third kappa shape index (κ3) is 8.24. The van der Waals surface area contributed by atoms with Crippen molar-refractivity contribution in [3.63, 3.8) is 0 Å². The maximum Gasteiger partial charge on any atom is 0.311 e. The van der Waals surface area contributed by atoms with Gasteiger partial charge in [0.1, 0.15) is 0 Å². The van der Waals surface area contributed by atoms with E-state index in [1.807, 2.05) is 12.1 Å². The Kier molecular flexibility index (Phi) is 11.5. The molecule has 24 fully saturated rings. The summed E-state index contributed by atoms with van der Waals surface area (Å²) in [5.74, 6) is 5.35. The molecule has 0 radical (unpaired) electrons. The van der Waals surface area contributed by atoms with Gasteiger partial charge < -0.3 is 10.2 Å². The lowest BCUT2D eigenvalue weighted by Crippen LogP contribution is -2.58. The Morgan fingerprint density at radius 1 is 0.277 bits per heavy atom. The summed E-state index contributed by atoms with van der Waals surface area (Å²) in [7, 11) is 0. The Morgan fingerprint density at radius 3 is 0.762 bits per heavy atom. The number of phenols is 2. The molecule has 25 aliphatic carbocycles. The molecule has 8 heteroatoms. The van der Waals surface area contributed by atoms with Crippen LogP contribution in [0.15, 0.2) is 48.5 Å². The van der Waals surface area contributed by atoms with Gasteiger partial charge in [-0.05, 0) is 423 Å². The summed E-state index contributed by atoms with van der Waals surface area (Å²) < 4.78 is 0. The van der Waals surface area contributed by atoms with E-state index in [-0.39, 0.29) is 97.7 Å². The van der Waals surface area contributed by atoms with E-state index in [1.54, 1.807) is 11.1 Å². The second kappa shape index (κ2) is 18.6. The van der Waals surface area contributed by atoms with Gasteiger partial charge in [0, 0.05) is 34.1 Å². The SMILES string of the molecule is CC12CC3CC(C)(C1)CC(c1cc(C45CC6CC(C)(CC(C)(C6)C4)C5)c4c(c1)C(c1cc([N+](=O)[O-])c(O)c(C56CC7CC(CC(C7)C5)C6)c1)(c1cc([N+](=O)[O-])c(O)c(C56CC7CC(CC(C7)C5)C6)c1)c1cc(C56CC7CC(C)(CC(C)(C7)C5)C6)cc(C56CC7CC(C)(CC(C)(C7)C5)C6)c1-4)(C3)C2. The van der Waals surface area contributed by atoms with Crippen LogP contribution in [0.1, 0.15) is 342 Å². The average molecular weight is 1360 g/mol. The van der Waals surface area contributed by atoms with Crippen molar-refractivity contribution in [3.05, 3.63) is 124 Å². The number of nitrogens with zero attached hydrogens (tertiary/aromatic N) is 2. The van der Waals surface area contributed by atoms with Crippen molar-refractivity contribution in [3.8, 4) is 22.6 Å². The number of benzene rings is 4. The summed E-state index contributed by atoms with van der Waals surface area (Å²) in [6.45, 7) is 21.4. The largest absolute Gasteiger partial charge is 0.502 e. The van der Waals surface area contributed by atoms with Gasteiger partial charge >= 0.3 is 11.4 Å². The standard InChI is InChI=1S/C93H116N2O6/c1-79-23-59-24-80(2,41-79)46-89(37-59,45-79)63-15-67(91-39-61-27-83(5,49-91)43-84(6,28-61)50-91)75-69(17-63)93(65-19-71(77(96)73(21-65)94(98)99)87-31-53-9-54(32-87)11-55(10-53)33-87,66-20-72(78(97)74(22-66)95(100)101)88-34-56-12-57(35-88)14-58(13-56)36-88)70-18-64(90-38-60-25-81(3,47-90)42-82(4,26-60)48-90)16-68(76(70)75)92-40-62-29-85(7,51-92)44-86(8,30-62)52-92/h15-22,53-62,96-97H,9-14,23-52H2,1-8H3. The zero-order valence-corrected chi connectivity index (χ0v) is 62.8. The predicted molar refractivity (Wildman–Crippen MR) is 396 cm³/mol. The molecule has 0 amide bonds. The monoisotopic (exact) mass is 1360 g/mol. The highest BCUT2D eigenvalue weighted by Crippen LogP contribution is 2.79. The molecule has 0 saturated heterocycles. The topological polar surface area (TPSA) is 127 Å². The van der Waals surface area contributed by atoms with Crippen molar-refractivity contribution in [2.75, 3.05) is 0 Å². The summed E-state index contributed by atoms with van der Waals surface area (Å²) in [5, 5.41) is 56.9. The first kappa shape index (κ1) is 62.5. The molecule has 24 saturated carbocycles. The zero-order chi connectivity index (χ0) is 68.8. The predicted octanol–water partition coefficient (Wildman–Crippen LogP) is 23.2. The fraction of sp³-hybridized carbons (Fsp3) is 0.742. The summed E-state index contributed by atoms with van der Waals surface area (Å²) in [5.41, 5.74) is 13.3. The van der Waals surface area contributed by atoms with Gasteiger partial charge in [0.15, 0.2) is 11.5 Å². The Balaban J connectivity index is 0.923. The lowest BCUT2D eigenvalue weighted by Gasteiger charge is -2.67. The lowest BCUT2D eigenvalue weighted by atomic mass is 9.37. The minimum atomic E-state index is -1.33. The number of rotatable bonds is 10. The average Bonchev–Trinajstić information content (AvgIpc) is 1.48. The van der Waals surface area contributed by atoms with Crippen molar-refractivity contribution in [1.29, 1.82) is 0 Å². The van der Waals surface area contributed by atoms with Crippen LogP contribution in [0.2, 0.25) is 0 Å². The van der Waals surface area contributed by atoms with Gasteiger partial charge in [0.25, 0.3) is 0 Å². The normalized spacial score (nSPS) is 52.0. The molecule has 29 rings (SSSR count). The number of nitro groups is 2. The molecular weight excluding hydrogens is 1240 g/mol. The summed E-state index contributed by atoms with van der Waals surface area (Å²) in [4.78, 5) is 29.4. The van der Waals surface area contributed by atoms with Gasteiger partial charge in [-0.2, -0.15) is 0 Å². The smallest absolute Gasteiger partial charge is 0.311 e. The molecule has 8 atom stereocenters. The molecule has 2 N–H and O–H groups in total. The van der Waals surface area contributed by atoms with Crippen LogP contribution in [0, 0.1) is 123 Å². The molecule has 4 aromatic carbocycles. The maximum absolute atomic E-state index is 14.9. The third-order valence-electron chi connectivity index (χ3n) is 36.9. The fourth-order valence-corrected chi connectivity index (χ4v) is 39.5. The number of nitro benzene ring substituents is 2. The van der Waals surface area contributed by atoms with Crippen LogP contribution >= 0.6 is 0 Å². The van der Waals surface area contributed by atoms with Crippen molar-refractivity contribution in [2.24, 2.45) is 102 Å². The first-order valence-electron chi connectivity index (χ1n) is 42.1. The minimum absolute atomic E-state index is 0.0961. The van der Waals surface area contributed by atoms with Gasteiger partial charge in [-0.1, -0.05) is 79.7 Å². The van der Waals surface area contributed by atoms with Crippen LogP contribution < -0.4 is 0 Å². The number of aromatic hydroxyl groups is 2. The van der Waals surface area contributed by atoms with E-state index >= 15 is 0 Å². The summed E-state index contributed by atoms with van der Waals surface area (Å²) in [6, 6.07) is 20.2. The molecule has 0 aromatic heterocycles. The van der Waals surface area contributed by atoms with Crippen molar-refractivity contribution < 1.29 is 20.1 Å². The van der Waals surface area contributed by atoms with Gasteiger partial charge in [-0.25, -0.2) is 0 Å². The maximum atomic E-state index is 14.9. The van der Waals surface area contributed by atoms with Crippen LogP contribution in [0.4, 0.5) is 11.4 Å². The zero-order valence-electron chi connectivity index (χ0n) is 62.8. The summed E-state index contributed by atoms with van der Waals surface area (Å²) >= 11 is 0. The molecule has 0 aliphatic heterocycles. The fourth-order valence-electron chi connectivity index (χ4n) is 39.5. The van der Waals surface area contributed by atoms with E-state index < -0.39 is 16.2 Å². The van der Waals surface area contributed by atoms with E-state index in [9.17, 15) is 30.4 Å². The van der Waals surface area contributed by atoms with E-state index in [4.69, 9.17) is 0 Å². The first-order valence-corrected chi connectivity index (χ1v) is 42.1. The van der Waals surface area contributed by atoms with Crippen molar-refractivity contribution >= 4 is 11.4 Å². The molecule has 101 heavy (non-hydrogen) atoms. The Labute approximate surface area is 602 Å². The Bertz CT molecular complexity index is 4050. The molecule has 0 heterocycles. The van der Waals surface area contributed by atoms with Crippen LogP contribution in [-0.2, 0) is 37.9 Å². The molecular formula is C93H116N2O6. The van der Waals surface area contributed by atoms with E-state index in [2.05, 4.69) is 91.8 Å². The van der Waals surface area contributed by atoms with Gasteiger partial charge in [-0.15, -0.1) is 0 Å². The lowest BCUT2D eigenvalue weighted by molar-refractivity contribution is -0.386. The molecule has 4 aromatic rings. The van der Waals surface area contributed by atoms with E-state index in [0.29, 0.717) is 59.2 Å². The Hall–Kier alpha value is -4.72. The van der Waals surface area contributed by atoms with Gasteiger partial charge in [-0.3, -0.25) is 20.2 Å². The number of hydrogen-bond acceptors (Lipinski definition) is 6. The molecule has 8 unspecified atom stereocenters. The summed E-state index contributed by atoms with van der Waals surface area (Å²) in [6.07, 6.45) is 42.3. The van der Waals surface area contributed by atoms with Crippen LogP contribution in [0.5, 0.6) is 11.5 Å². The van der Waals surface area contributed by atoms with E-state index in [1.165, 1.54) is 175 Å². The quantitative estimate of drug-likeness (QED) is 0.106.